The number of sulfonamides is 1. The highest BCUT2D eigenvalue weighted by atomic mass is 35.5. The van der Waals surface area contributed by atoms with Crippen LogP contribution in [0.1, 0.15) is 32.1 Å². The van der Waals surface area contributed by atoms with Gasteiger partial charge in [-0.3, -0.25) is 19.2 Å². The molecule has 2 aliphatic rings. The van der Waals surface area contributed by atoms with Crippen LogP contribution < -0.4 is 16.0 Å². The Labute approximate surface area is 250 Å². The predicted molar refractivity (Wildman–Crippen MR) is 156 cm³/mol. The minimum Gasteiger partial charge on any atom is -0.351 e. The molecule has 14 heteroatoms. The van der Waals surface area contributed by atoms with E-state index in [0.29, 0.717) is 30.7 Å². The number of halogens is 1. The van der Waals surface area contributed by atoms with Crippen molar-refractivity contribution in [3.63, 3.8) is 0 Å². The Morgan fingerprint density at radius 1 is 0.881 bits per heavy atom. The molecule has 0 radical (unpaired) electrons. The molecular formula is C28H35ClN6O6S. The van der Waals surface area contributed by atoms with Gasteiger partial charge < -0.3 is 20.9 Å². The number of benzene rings is 1. The van der Waals surface area contributed by atoms with E-state index in [2.05, 4.69) is 20.9 Å². The molecule has 4 rings (SSSR count). The van der Waals surface area contributed by atoms with Crippen LogP contribution in [-0.4, -0.2) is 85.5 Å². The number of amides is 4. The summed E-state index contributed by atoms with van der Waals surface area (Å²) in [5.41, 5.74) is 0. The fourth-order valence-corrected chi connectivity index (χ4v) is 6.95. The highest BCUT2D eigenvalue weighted by Gasteiger charge is 2.39. The summed E-state index contributed by atoms with van der Waals surface area (Å²) in [5.74, 6) is -2.81. The number of hydrogen-bond donors (Lipinski definition) is 3. The van der Waals surface area contributed by atoms with E-state index < -0.39 is 39.8 Å². The van der Waals surface area contributed by atoms with Gasteiger partial charge in [-0.25, -0.2) is 13.4 Å². The Hall–Kier alpha value is -3.55. The van der Waals surface area contributed by atoms with Crippen molar-refractivity contribution in [2.45, 2.75) is 49.1 Å². The summed E-state index contributed by atoms with van der Waals surface area (Å²) in [4.78, 5) is 57.0. The molecule has 0 spiro atoms. The molecule has 2 heterocycles. The molecule has 1 saturated heterocycles. The fraction of sp³-hybridized carbons (Fsp3) is 0.464. The molecule has 2 aromatic rings. The van der Waals surface area contributed by atoms with Crippen LogP contribution in [0.5, 0.6) is 0 Å². The van der Waals surface area contributed by atoms with Crippen LogP contribution in [0.4, 0.5) is 5.82 Å². The van der Waals surface area contributed by atoms with E-state index in [1.54, 1.807) is 44.4 Å². The highest BCUT2D eigenvalue weighted by molar-refractivity contribution is 7.89. The smallest absolute Gasteiger partial charge is 0.314 e. The molecule has 226 valence electrons. The van der Waals surface area contributed by atoms with Gasteiger partial charge in [0.15, 0.2) is 0 Å². The summed E-state index contributed by atoms with van der Waals surface area (Å²) in [7, 11) is -0.330. The van der Waals surface area contributed by atoms with Gasteiger partial charge >= 0.3 is 11.8 Å². The molecule has 0 unspecified atom stereocenters. The molecular weight excluding hydrogens is 584 g/mol. The first kappa shape index (κ1) is 31.4. The Balaban J connectivity index is 1.39. The number of carbonyl (C=O) groups is 4. The average molecular weight is 619 g/mol. The number of piperidine rings is 1. The third-order valence-corrected chi connectivity index (χ3v) is 9.80. The molecule has 1 aromatic carbocycles. The maximum atomic E-state index is 13.4. The second kappa shape index (κ2) is 13.6. The number of nitrogens with zero attached hydrogens (tertiary/aromatic N) is 3. The lowest BCUT2D eigenvalue weighted by Crippen LogP contribution is -2.58. The maximum Gasteiger partial charge on any atom is 0.314 e. The van der Waals surface area contributed by atoms with Gasteiger partial charge in [-0.15, -0.1) is 0 Å². The van der Waals surface area contributed by atoms with E-state index in [9.17, 15) is 27.6 Å². The van der Waals surface area contributed by atoms with Gasteiger partial charge in [0.25, 0.3) is 0 Å². The van der Waals surface area contributed by atoms with Gasteiger partial charge in [-0.1, -0.05) is 29.8 Å². The van der Waals surface area contributed by atoms with Crippen molar-refractivity contribution < 1.29 is 27.6 Å². The summed E-state index contributed by atoms with van der Waals surface area (Å²) in [6, 6.07) is 9.97. The Morgan fingerprint density at radius 2 is 1.57 bits per heavy atom. The van der Waals surface area contributed by atoms with Gasteiger partial charge in [-0.05, 0) is 56.4 Å². The quantitative estimate of drug-likeness (QED) is 0.398. The second-order valence-electron chi connectivity index (χ2n) is 10.7. The molecule has 3 N–H and O–H groups in total. The minimum atomic E-state index is -3.66. The van der Waals surface area contributed by atoms with Crippen LogP contribution >= 0.6 is 11.6 Å². The van der Waals surface area contributed by atoms with Crippen molar-refractivity contribution in [3.8, 4) is 0 Å². The van der Waals surface area contributed by atoms with Crippen LogP contribution in [0.2, 0.25) is 5.02 Å². The van der Waals surface area contributed by atoms with Crippen molar-refractivity contribution >= 4 is 51.1 Å². The topological polar surface area (TPSA) is 158 Å². The van der Waals surface area contributed by atoms with Crippen molar-refractivity contribution in [1.82, 2.24) is 24.8 Å². The molecule has 1 aromatic heterocycles. The molecule has 42 heavy (non-hydrogen) atoms. The zero-order valence-corrected chi connectivity index (χ0v) is 25.0. The molecule has 3 atom stereocenters. The third kappa shape index (κ3) is 7.64. The number of rotatable bonds is 7. The first-order valence-corrected chi connectivity index (χ1v) is 15.6. The highest BCUT2D eigenvalue weighted by Crippen LogP contribution is 2.28. The number of hydrogen-bond acceptors (Lipinski definition) is 7. The molecule has 0 bridgehead atoms. The first-order valence-electron chi connectivity index (χ1n) is 13.8. The van der Waals surface area contributed by atoms with E-state index in [-0.39, 0.29) is 48.0 Å². The number of aromatic nitrogens is 1. The fourth-order valence-electron chi connectivity index (χ4n) is 5.35. The third-order valence-electron chi connectivity index (χ3n) is 7.67. The van der Waals surface area contributed by atoms with E-state index >= 15 is 0 Å². The number of nitrogens with one attached hydrogen (secondary N) is 3. The molecule has 1 aliphatic heterocycles. The summed E-state index contributed by atoms with van der Waals surface area (Å²) in [5, 5.41) is 8.50. The number of anilines is 1. The summed E-state index contributed by atoms with van der Waals surface area (Å²) < 4.78 is 27.3. The normalized spacial score (nSPS) is 21.6. The van der Waals surface area contributed by atoms with E-state index in [1.807, 2.05) is 0 Å². The van der Waals surface area contributed by atoms with Crippen LogP contribution in [0.15, 0.2) is 53.6 Å². The number of pyridine rings is 1. The van der Waals surface area contributed by atoms with Crippen LogP contribution in [0, 0.1) is 11.8 Å². The standard InChI is InChI=1S/C28H35ClN6O6S/c1-34(2)28(39)19-8-10-22(31-26(37)27(38)33-24-11-9-20(29)17-30-24)23(16-19)32-25(36)18-12-14-35(15-13-18)42(40,41)21-6-4-3-5-7-21/h3-7,9,11,17-19,22-23H,8,10,12-16H2,1-2H3,(H,31,37)(H,32,36)(H,30,33,38)/t19-,22-,23+/m0/s1. The van der Waals surface area contributed by atoms with Crippen molar-refractivity contribution in [2.24, 2.45) is 11.8 Å². The first-order chi connectivity index (χ1) is 20.0. The second-order valence-corrected chi connectivity index (χ2v) is 13.1. The van der Waals surface area contributed by atoms with Gasteiger partial charge in [0.2, 0.25) is 21.8 Å². The molecule has 4 amide bonds. The average Bonchev–Trinajstić information content (AvgIpc) is 2.99. The Kier molecular flexibility index (Phi) is 10.2. The van der Waals surface area contributed by atoms with Crippen LogP contribution in [-0.2, 0) is 29.2 Å². The molecule has 2 fully saturated rings. The Morgan fingerprint density at radius 3 is 2.19 bits per heavy atom. The minimum absolute atomic E-state index is 0.0787. The van der Waals surface area contributed by atoms with Gasteiger partial charge in [0.1, 0.15) is 5.82 Å². The zero-order valence-electron chi connectivity index (χ0n) is 23.5. The van der Waals surface area contributed by atoms with Gasteiger partial charge in [-0.2, -0.15) is 4.31 Å². The SMILES string of the molecule is CN(C)C(=O)[C@H]1CC[C@H](NC(=O)C(=O)Nc2ccc(Cl)cn2)[C@H](NC(=O)C2CCN(S(=O)(=O)c3ccccc3)CC2)C1. The lowest BCUT2D eigenvalue weighted by Gasteiger charge is -2.38. The molecule has 1 aliphatic carbocycles. The molecule has 12 nitrogen and oxygen atoms in total. The van der Waals surface area contributed by atoms with Crippen LogP contribution in [0.25, 0.3) is 0 Å². The zero-order chi connectivity index (χ0) is 30.4. The van der Waals surface area contributed by atoms with Crippen LogP contribution in [0.3, 0.4) is 0 Å². The maximum absolute atomic E-state index is 13.4. The van der Waals surface area contributed by atoms with Gasteiger partial charge in [0, 0.05) is 57.3 Å². The van der Waals surface area contributed by atoms with Crippen molar-refractivity contribution in [3.05, 3.63) is 53.7 Å². The lowest BCUT2D eigenvalue weighted by molar-refractivity contribution is -0.138. The predicted octanol–water partition coefficient (Wildman–Crippen LogP) is 1.63. The summed E-state index contributed by atoms with van der Waals surface area (Å²) in [6.07, 6.45) is 3.14. The largest absolute Gasteiger partial charge is 0.351 e. The summed E-state index contributed by atoms with van der Waals surface area (Å²) in [6.45, 7) is 0.390. The summed E-state index contributed by atoms with van der Waals surface area (Å²) >= 11 is 5.81. The van der Waals surface area contributed by atoms with E-state index in [1.165, 1.54) is 27.5 Å². The number of carbonyl (C=O) groups excluding carboxylic acids is 4. The lowest BCUT2D eigenvalue weighted by atomic mass is 9.81. The van der Waals surface area contributed by atoms with Crippen molar-refractivity contribution in [1.29, 1.82) is 0 Å². The van der Waals surface area contributed by atoms with Crippen molar-refractivity contribution in [2.75, 3.05) is 32.5 Å². The van der Waals surface area contributed by atoms with E-state index in [4.69, 9.17) is 11.6 Å². The molecule has 1 saturated carbocycles. The Bertz CT molecular complexity index is 1400. The van der Waals surface area contributed by atoms with E-state index in [0.717, 1.165) is 0 Å². The van der Waals surface area contributed by atoms with Gasteiger partial charge in [0.05, 0.1) is 9.92 Å². The monoisotopic (exact) mass is 618 g/mol.